The Morgan fingerprint density at radius 3 is 2.29 bits per heavy atom. The first-order valence-corrected chi connectivity index (χ1v) is 6.40. The zero-order valence-electron chi connectivity index (χ0n) is 11.9. The Labute approximate surface area is 105 Å². The summed E-state index contributed by atoms with van der Waals surface area (Å²) in [6.07, 6.45) is 1.27. The normalized spacial score (nSPS) is 22.6. The van der Waals surface area contributed by atoms with Gasteiger partial charge in [-0.1, -0.05) is 34.6 Å². The van der Waals surface area contributed by atoms with Gasteiger partial charge >= 0.3 is 0 Å². The van der Waals surface area contributed by atoms with Gasteiger partial charge in [-0.2, -0.15) is 0 Å². The largest absolute Gasteiger partial charge is 0.384 e. The number of nitrogens with two attached hydrogens (primary N) is 1. The van der Waals surface area contributed by atoms with Crippen LogP contribution in [0.4, 0.5) is 5.82 Å². The quantitative estimate of drug-likeness (QED) is 0.800. The molecule has 0 saturated heterocycles. The van der Waals surface area contributed by atoms with E-state index in [1.54, 1.807) is 0 Å². The molecule has 1 fully saturated rings. The van der Waals surface area contributed by atoms with Crippen molar-refractivity contribution >= 4 is 5.82 Å². The number of aromatic nitrogens is 1. The molecular formula is C15H24N2. The van der Waals surface area contributed by atoms with Gasteiger partial charge < -0.3 is 5.73 Å². The Kier molecular flexibility index (Phi) is 2.53. The van der Waals surface area contributed by atoms with Crippen molar-refractivity contribution in [2.45, 2.75) is 59.3 Å². The van der Waals surface area contributed by atoms with Crippen LogP contribution in [0.15, 0.2) is 6.07 Å². The molecule has 0 aromatic carbocycles. The molecule has 1 heterocycles. The van der Waals surface area contributed by atoms with Gasteiger partial charge in [0, 0.05) is 5.41 Å². The van der Waals surface area contributed by atoms with E-state index in [0.717, 1.165) is 0 Å². The van der Waals surface area contributed by atoms with Crippen LogP contribution in [0.1, 0.15) is 63.8 Å². The highest BCUT2D eigenvalue weighted by atomic mass is 14.9. The lowest BCUT2D eigenvalue weighted by Gasteiger charge is -2.24. The molecule has 0 bridgehead atoms. The lowest BCUT2D eigenvalue weighted by molar-refractivity contribution is 0.549. The van der Waals surface area contributed by atoms with Gasteiger partial charge in [-0.3, -0.25) is 0 Å². The number of nitrogens with zero attached hydrogens (tertiary/aromatic N) is 1. The fourth-order valence-corrected chi connectivity index (χ4v) is 2.68. The fourth-order valence-electron chi connectivity index (χ4n) is 2.68. The Hall–Kier alpha value is -1.05. The fraction of sp³-hybridized carbons (Fsp3) is 0.667. The van der Waals surface area contributed by atoms with Crippen LogP contribution in [0.5, 0.6) is 0 Å². The van der Waals surface area contributed by atoms with Crippen LogP contribution in [0.3, 0.4) is 0 Å². The van der Waals surface area contributed by atoms with Crippen LogP contribution >= 0.6 is 0 Å². The monoisotopic (exact) mass is 232 g/mol. The van der Waals surface area contributed by atoms with E-state index in [1.165, 1.54) is 23.2 Å². The zero-order chi connectivity index (χ0) is 13.0. The summed E-state index contributed by atoms with van der Waals surface area (Å²) in [7, 11) is 0. The SMILES string of the molecule is Cc1cc(N)nc(C(C)(C)C)c1C1CC1(C)C. The summed E-state index contributed by atoms with van der Waals surface area (Å²) >= 11 is 0. The first-order valence-electron chi connectivity index (χ1n) is 6.40. The smallest absolute Gasteiger partial charge is 0.123 e. The van der Waals surface area contributed by atoms with E-state index in [-0.39, 0.29) is 5.41 Å². The second-order valence-corrected chi connectivity index (χ2v) is 7.12. The number of pyridine rings is 1. The topological polar surface area (TPSA) is 38.9 Å². The zero-order valence-corrected chi connectivity index (χ0v) is 11.9. The lowest BCUT2D eigenvalue weighted by Crippen LogP contribution is -2.19. The first kappa shape index (κ1) is 12.4. The molecule has 1 aromatic rings. The summed E-state index contributed by atoms with van der Waals surface area (Å²) < 4.78 is 0. The van der Waals surface area contributed by atoms with Gasteiger partial charge in [0.25, 0.3) is 0 Å². The van der Waals surface area contributed by atoms with E-state index in [9.17, 15) is 0 Å². The van der Waals surface area contributed by atoms with Crippen LogP contribution in [0, 0.1) is 12.3 Å². The number of nitrogen functional groups attached to an aromatic ring is 1. The lowest BCUT2D eigenvalue weighted by atomic mass is 9.84. The van der Waals surface area contributed by atoms with Gasteiger partial charge in [0.05, 0.1) is 5.69 Å². The average molecular weight is 232 g/mol. The number of hydrogen-bond acceptors (Lipinski definition) is 2. The van der Waals surface area contributed by atoms with E-state index in [0.29, 0.717) is 17.2 Å². The molecule has 2 heteroatoms. The predicted molar refractivity (Wildman–Crippen MR) is 73.2 cm³/mol. The standard InChI is InChI=1S/C15H24N2/c1-9-7-11(16)17-13(14(2,3)4)12(9)10-8-15(10,5)6/h7,10H,8H2,1-6H3,(H2,16,17). The second-order valence-electron chi connectivity index (χ2n) is 7.12. The van der Waals surface area contributed by atoms with Crippen molar-refractivity contribution in [3.05, 3.63) is 22.9 Å². The predicted octanol–water partition coefficient (Wildman–Crippen LogP) is 3.78. The molecule has 1 aromatic heterocycles. The maximum Gasteiger partial charge on any atom is 0.123 e. The average Bonchev–Trinajstić information content (AvgIpc) is 2.71. The Morgan fingerprint density at radius 2 is 1.88 bits per heavy atom. The van der Waals surface area contributed by atoms with E-state index >= 15 is 0 Å². The highest BCUT2D eigenvalue weighted by molar-refractivity contribution is 5.47. The van der Waals surface area contributed by atoms with Crippen molar-refractivity contribution in [2.75, 3.05) is 5.73 Å². The summed E-state index contributed by atoms with van der Waals surface area (Å²) in [5.41, 5.74) is 10.3. The molecule has 1 saturated carbocycles. The second kappa shape index (κ2) is 3.47. The molecule has 2 nitrogen and oxygen atoms in total. The summed E-state index contributed by atoms with van der Waals surface area (Å²) in [5.74, 6) is 1.31. The third kappa shape index (κ3) is 2.18. The minimum atomic E-state index is 0.0636. The molecule has 2 N–H and O–H groups in total. The minimum Gasteiger partial charge on any atom is -0.384 e. The Balaban J connectivity index is 2.58. The van der Waals surface area contributed by atoms with E-state index in [1.807, 2.05) is 6.07 Å². The molecule has 0 spiro atoms. The van der Waals surface area contributed by atoms with E-state index in [4.69, 9.17) is 5.73 Å². The molecule has 94 valence electrons. The highest BCUT2D eigenvalue weighted by Gasteiger charge is 2.49. The summed E-state index contributed by atoms with van der Waals surface area (Å²) in [6.45, 7) is 13.5. The maximum absolute atomic E-state index is 5.90. The highest BCUT2D eigenvalue weighted by Crippen LogP contribution is 2.60. The van der Waals surface area contributed by atoms with Crippen LogP contribution < -0.4 is 5.73 Å². The molecule has 1 atom stereocenters. The van der Waals surface area contributed by atoms with Crippen molar-refractivity contribution in [1.29, 1.82) is 0 Å². The van der Waals surface area contributed by atoms with Crippen molar-refractivity contribution < 1.29 is 0 Å². The molecule has 0 aliphatic heterocycles. The van der Waals surface area contributed by atoms with Crippen molar-refractivity contribution in [1.82, 2.24) is 4.98 Å². The van der Waals surface area contributed by atoms with Crippen molar-refractivity contribution in [3.63, 3.8) is 0 Å². The Bertz CT molecular complexity index is 453. The summed E-state index contributed by atoms with van der Waals surface area (Å²) in [4.78, 5) is 4.61. The molecule has 0 amide bonds. The van der Waals surface area contributed by atoms with Crippen molar-refractivity contribution in [3.8, 4) is 0 Å². The van der Waals surface area contributed by atoms with E-state index < -0.39 is 0 Å². The number of anilines is 1. The van der Waals surface area contributed by atoms with E-state index in [2.05, 4.69) is 46.5 Å². The molecule has 2 rings (SSSR count). The molecule has 1 aliphatic rings. The molecular weight excluding hydrogens is 208 g/mol. The van der Waals surface area contributed by atoms with Crippen LogP contribution in [0.25, 0.3) is 0 Å². The number of aryl methyl sites for hydroxylation is 1. The minimum absolute atomic E-state index is 0.0636. The van der Waals surface area contributed by atoms with Gasteiger partial charge in [-0.15, -0.1) is 0 Å². The van der Waals surface area contributed by atoms with Gasteiger partial charge in [0.2, 0.25) is 0 Å². The number of rotatable bonds is 1. The summed E-state index contributed by atoms with van der Waals surface area (Å²) in [5, 5.41) is 0. The van der Waals surface area contributed by atoms with Gasteiger partial charge in [-0.25, -0.2) is 4.98 Å². The third-order valence-corrected chi connectivity index (χ3v) is 3.86. The maximum atomic E-state index is 5.90. The van der Waals surface area contributed by atoms with Crippen LogP contribution in [-0.4, -0.2) is 4.98 Å². The molecule has 1 unspecified atom stereocenters. The Morgan fingerprint density at radius 1 is 1.35 bits per heavy atom. The van der Waals surface area contributed by atoms with Gasteiger partial charge in [-0.05, 0) is 41.9 Å². The number of hydrogen-bond donors (Lipinski definition) is 1. The van der Waals surface area contributed by atoms with Gasteiger partial charge in [0.1, 0.15) is 5.82 Å². The molecule has 1 aliphatic carbocycles. The molecule has 0 radical (unpaired) electrons. The molecule has 17 heavy (non-hydrogen) atoms. The van der Waals surface area contributed by atoms with Gasteiger partial charge in [0.15, 0.2) is 0 Å². The van der Waals surface area contributed by atoms with Crippen LogP contribution in [-0.2, 0) is 5.41 Å². The van der Waals surface area contributed by atoms with Crippen molar-refractivity contribution in [2.24, 2.45) is 5.41 Å². The summed E-state index contributed by atoms with van der Waals surface area (Å²) in [6, 6.07) is 2.01. The first-order chi connectivity index (χ1) is 7.63. The van der Waals surface area contributed by atoms with Crippen LogP contribution in [0.2, 0.25) is 0 Å². The third-order valence-electron chi connectivity index (χ3n) is 3.86.